The first-order valence-corrected chi connectivity index (χ1v) is 11.1. The fourth-order valence-corrected chi connectivity index (χ4v) is 4.58. The number of hydrogen-bond acceptors (Lipinski definition) is 6. The van der Waals surface area contributed by atoms with Crippen LogP contribution in [0.1, 0.15) is 16.8 Å². The zero-order valence-corrected chi connectivity index (χ0v) is 18.4. The molecule has 0 unspecified atom stereocenters. The van der Waals surface area contributed by atoms with E-state index < -0.39 is 0 Å². The third kappa shape index (κ3) is 4.25. The lowest BCUT2D eigenvalue weighted by atomic mass is 10.1. The molecule has 6 nitrogen and oxygen atoms in total. The summed E-state index contributed by atoms with van der Waals surface area (Å²) in [4.78, 5) is 16.3. The summed E-state index contributed by atoms with van der Waals surface area (Å²) in [6, 6.07) is 15.2. The number of hydrogen-bond donors (Lipinski definition) is 0. The fraction of sp³-hybridized carbons (Fsp3) is 0.360. The van der Waals surface area contributed by atoms with Gasteiger partial charge in [0.25, 0.3) is 0 Å². The van der Waals surface area contributed by atoms with E-state index in [1.54, 1.807) is 13.2 Å². The van der Waals surface area contributed by atoms with Gasteiger partial charge in [0.05, 0.1) is 18.5 Å². The van der Waals surface area contributed by atoms with E-state index in [1.165, 1.54) is 17.2 Å². The Morgan fingerprint density at radius 2 is 1.69 bits per heavy atom. The SMILES string of the molecule is COc1ccccc1CN1CCc2nc(N3CCN(c4ccccc4F)CC3)ncc2C1. The Morgan fingerprint density at radius 3 is 2.50 bits per heavy atom. The molecule has 166 valence electrons. The summed E-state index contributed by atoms with van der Waals surface area (Å²) >= 11 is 0. The van der Waals surface area contributed by atoms with Crippen molar-refractivity contribution in [2.75, 3.05) is 49.6 Å². The molecule has 32 heavy (non-hydrogen) atoms. The number of nitrogens with zero attached hydrogens (tertiary/aromatic N) is 5. The smallest absolute Gasteiger partial charge is 0.225 e. The van der Waals surface area contributed by atoms with E-state index in [0.717, 1.165) is 69.6 Å². The molecule has 0 bridgehead atoms. The number of fused-ring (bicyclic) bond motifs is 1. The minimum atomic E-state index is -0.163. The fourth-order valence-electron chi connectivity index (χ4n) is 4.58. The van der Waals surface area contributed by atoms with Crippen molar-refractivity contribution in [3.8, 4) is 5.75 Å². The van der Waals surface area contributed by atoms with Crippen molar-refractivity contribution in [1.29, 1.82) is 0 Å². The Bertz CT molecular complexity index is 1080. The van der Waals surface area contributed by atoms with Gasteiger partial charge in [-0.05, 0) is 18.2 Å². The van der Waals surface area contributed by atoms with Crippen LogP contribution >= 0.6 is 0 Å². The summed E-state index contributed by atoms with van der Waals surface area (Å²) in [6.45, 7) is 5.74. The van der Waals surface area contributed by atoms with Crippen LogP contribution in [0.25, 0.3) is 0 Å². The molecule has 1 fully saturated rings. The lowest BCUT2D eigenvalue weighted by Crippen LogP contribution is -2.47. The molecule has 2 aliphatic rings. The van der Waals surface area contributed by atoms with Gasteiger partial charge in [0, 0.05) is 69.6 Å². The van der Waals surface area contributed by atoms with Crippen molar-refractivity contribution in [3.63, 3.8) is 0 Å². The molecular weight excluding hydrogens is 405 g/mol. The second kappa shape index (κ2) is 9.12. The van der Waals surface area contributed by atoms with E-state index >= 15 is 0 Å². The number of piperazine rings is 1. The largest absolute Gasteiger partial charge is 0.496 e. The van der Waals surface area contributed by atoms with Crippen molar-refractivity contribution in [2.24, 2.45) is 0 Å². The lowest BCUT2D eigenvalue weighted by molar-refractivity contribution is 0.239. The molecule has 5 rings (SSSR count). The van der Waals surface area contributed by atoms with Gasteiger partial charge in [-0.15, -0.1) is 0 Å². The van der Waals surface area contributed by atoms with E-state index in [2.05, 4.69) is 31.8 Å². The van der Waals surface area contributed by atoms with Crippen LogP contribution in [-0.4, -0.2) is 54.7 Å². The molecule has 3 heterocycles. The molecule has 2 aliphatic heterocycles. The van der Waals surface area contributed by atoms with Crippen LogP contribution in [0.4, 0.5) is 16.0 Å². The highest BCUT2D eigenvalue weighted by Gasteiger charge is 2.24. The van der Waals surface area contributed by atoms with Gasteiger partial charge in [-0.3, -0.25) is 4.90 Å². The van der Waals surface area contributed by atoms with Crippen molar-refractivity contribution in [3.05, 3.63) is 77.4 Å². The molecule has 0 aliphatic carbocycles. The van der Waals surface area contributed by atoms with Gasteiger partial charge < -0.3 is 14.5 Å². The monoisotopic (exact) mass is 433 g/mol. The Labute approximate surface area is 188 Å². The molecule has 0 spiro atoms. The van der Waals surface area contributed by atoms with Crippen molar-refractivity contribution in [2.45, 2.75) is 19.5 Å². The van der Waals surface area contributed by atoms with Crippen molar-refractivity contribution >= 4 is 11.6 Å². The molecule has 1 aromatic heterocycles. The number of anilines is 2. The Kier molecular flexibility index (Phi) is 5.90. The van der Waals surface area contributed by atoms with Crippen molar-refractivity contribution in [1.82, 2.24) is 14.9 Å². The van der Waals surface area contributed by atoms with Gasteiger partial charge in [0.2, 0.25) is 5.95 Å². The maximum Gasteiger partial charge on any atom is 0.225 e. The third-order valence-electron chi connectivity index (χ3n) is 6.34. The van der Waals surface area contributed by atoms with Crippen molar-refractivity contribution < 1.29 is 9.13 Å². The molecule has 0 atom stereocenters. The summed E-state index contributed by atoms with van der Waals surface area (Å²) < 4.78 is 19.6. The second-order valence-corrected chi connectivity index (χ2v) is 8.34. The summed E-state index contributed by atoms with van der Waals surface area (Å²) in [5.74, 6) is 1.55. The van der Waals surface area contributed by atoms with E-state index in [1.807, 2.05) is 30.5 Å². The van der Waals surface area contributed by atoms with E-state index in [4.69, 9.17) is 9.72 Å². The van der Waals surface area contributed by atoms with Gasteiger partial charge in [0.15, 0.2) is 0 Å². The number of ether oxygens (including phenoxy) is 1. The number of halogens is 1. The molecule has 7 heteroatoms. The van der Waals surface area contributed by atoms with E-state index in [-0.39, 0.29) is 5.82 Å². The van der Waals surface area contributed by atoms with E-state index in [0.29, 0.717) is 5.69 Å². The Hall–Kier alpha value is -3.19. The highest BCUT2D eigenvalue weighted by Crippen LogP contribution is 2.25. The molecule has 0 saturated carbocycles. The normalized spacial score (nSPS) is 16.7. The van der Waals surface area contributed by atoms with Crippen LogP contribution in [0.2, 0.25) is 0 Å². The lowest BCUT2D eigenvalue weighted by Gasteiger charge is -2.36. The average Bonchev–Trinajstić information content (AvgIpc) is 2.84. The van der Waals surface area contributed by atoms with Gasteiger partial charge in [0.1, 0.15) is 11.6 Å². The summed E-state index contributed by atoms with van der Waals surface area (Å²) in [5.41, 5.74) is 4.21. The first-order chi connectivity index (χ1) is 15.7. The molecule has 3 aromatic rings. The van der Waals surface area contributed by atoms with Crippen LogP contribution < -0.4 is 14.5 Å². The molecule has 0 N–H and O–H groups in total. The number of benzene rings is 2. The molecular formula is C25H28FN5O. The number of rotatable bonds is 5. The first-order valence-electron chi connectivity index (χ1n) is 11.1. The quantitative estimate of drug-likeness (QED) is 0.614. The van der Waals surface area contributed by atoms with Gasteiger partial charge in [-0.1, -0.05) is 30.3 Å². The van der Waals surface area contributed by atoms with E-state index in [9.17, 15) is 4.39 Å². The van der Waals surface area contributed by atoms with Crippen LogP contribution in [0.15, 0.2) is 54.7 Å². The predicted octanol–water partition coefficient (Wildman–Crippen LogP) is 3.51. The molecule has 1 saturated heterocycles. The average molecular weight is 434 g/mol. The zero-order chi connectivity index (χ0) is 21.9. The highest BCUT2D eigenvalue weighted by atomic mass is 19.1. The summed E-state index contributed by atoms with van der Waals surface area (Å²) in [7, 11) is 1.72. The third-order valence-corrected chi connectivity index (χ3v) is 6.34. The molecule has 0 radical (unpaired) electrons. The summed E-state index contributed by atoms with van der Waals surface area (Å²) in [5, 5.41) is 0. The Balaban J connectivity index is 1.22. The maximum absolute atomic E-state index is 14.1. The van der Waals surface area contributed by atoms with Crippen LogP contribution in [0.5, 0.6) is 5.75 Å². The van der Waals surface area contributed by atoms with Crippen LogP contribution in [0, 0.1) is 5.82 Å². The van der Waals surface area contributed by atoms with Gasteiger partial charge in [-0.25, -0.2) is 14.4 Å². The minimum absolute atomic E-state index is 0.163. The van der Waals surface area contributed by atoms with Crippen LogP contribution in [-0.2, 0) is 19.5 Å². The van der Waals surface area contributed by atoms with Gasteiger partial charge in [-0.2, -0.15) is 0 Å². The molecule has 0 amide bonds. The topological polar surface area (TPSA) is 44.7 Å². The Morgan fingerprint density at radius 1 is 0.938 bits per heavy atom. The van der Waals surface area contributed by atoms with Gasteiger partial charge >= 0.3 is 0 Å². The molecule has 2 aromatic carbocycles. The predicted molar refractivity (Wildman–Crippen MR) is 124 cm³/mol. The first kappa shape index (κ1) is 20.7. The maximum atomic E-state index is 14.1. The minimum Gasteiger partial charge on any atom is -0.496 e. The highest BCUT2D eigenvalue weighted by molar-refractivity contribution is 5.49. The summed E-state index contributed by atoms with van der Waals surface area (Å²) in [6.07, 6.45) is 2.89. The number of aromatic nitrogens is 2. The van der Waals surface area contributed by atoms with Crippen LogP contribution in [0.3, 0.4) is 0 Å². The zero-order valence-electron chi connectivity index (χ0n) is 18.4. The second-order valence-electron chi connectivity index (χ2n) is 8.34. The number of para-hydroxylation sites is 2. The standard InChI is InChI=1S/C25H28FN5O/c1-32-24-9-5-2-6-19(24)17-29-11-10-22-20(18-29)16-27-25(28-22)31-14-12-30(13-15-31)23-8-4-3-7-21(23)26/h2-9,16H,10-15,17-18H2,1H3. The number of methoxy groups -OCH3 is 1.